The van der Waals surface area contributed by atoms with Crippen molar-refractivity contribution in [3.63, 3.8) is 0 Å². The monoisotopic (exact) mass is 568 g/mol. The fraction of sp³-hybridized carbons (Fsp3) is 0.320. The smallest absolute Gasteiger partial charge is 0.416 e. The predicted octanol–water partition coefficient (Wildman–Crippen LogP) is 6.46. The van der Waals surface area contributed by atoms with Crippen LogP contribution in [0, 0.1) is 0 Å². The van der Waals surface area contributed by atoms with Gasteiger partial charge in [-0.3, -0.25) is 9.80 Å². The Hall–Kier alpha value is -3.44. The van der Waals surface area contributed by atoms with E-state index >= 15 is 0 Å². The molecule has 200 valence electrons. The molecule has 2 aromatic carbocycles. The first kappa shape index (κ1) is 26.2. The van der Waals surface area contributed by atoms with Crippen molar-refractivity contribution in [1.29, 1.82) is 0 Å². The summed E-state index contributed by atoms with van der Waals surface area (Å²) >= 11 is 13.0. The van der Waals surface area contributed by atoms with Crippen LogP contribution < -0.4 is 24.0 Å². The third-order valence-electron chi connectivity index (χ3n) is 6.54. The van der Waals surface area contributed by atoms with Gasteiger partial charge in [-0.25, -0.2) is 9.78 Å². The third-order valence-corrected chi connectivity index (χ3v) is 7.28. The van der Waals surface area contributed by atoms with Crippen LogP contribution in [0.4, 0.5) is 29.5 Å². The van der Waals surface area contributed by atoms with Gasteiger partial charge in [-0.2, -0.15) is 18.2 Å². The number of carbonyl (C=O) groups excluding carboxylic acids is 1. The number of methoxy groups -OCH3 is 2. The summed E-state index contributed by atoms with van der Waals surface area (Å²) in [6, 6.07) is 4.69. The first-order valence-electron chi connectivity index (χ1n) is 11.4. The minimum Gasteiger partial charge on any atom is -0.495 e. The molecular weight excluding hydrogens is 548 g/mol. The maximum Gasteiger partial charge on any atom is 0.416 e. The zero-order chi connectivity index (χ0) is 27.4. The average molecular weight is 569 g/mol. The first-order valence-corrected chi connectivity index (χ1v) is 12.2. The fourth-order valence-electron chi connectivity index (χ4n) is 4.64. The largest absolute Gasteiger partial charge is 0.495 e. The molecule has 1 atom stereocenters. The zero-order valence-electron chi connectivity index (χ0n) is 20.4. The lowest BCUT2D eigenvalue weighted by molar-refractivity contribution is -0.137. The van der Waals surface area contributed by atoms with Gasteiger partial charge >= 0.3 is 18.2 Å². The van der Waals surface area contributed by atoms with Gasteiger partial charge in [0.2, 0.25) is 0 Å². The van der Waals surface area contributed by atoms with E-state index in [0.29, 0.717) is 35.3 Å². The Morgan fingerprint density at radius 1 is 1.05 bits per heavy atom. The maximum absolute atomic E-state index is 13.4. The SMILES string of the molecule is COc1cc(OC)c(Cl)c(N2Cc3cnc(OC4CCc5cc(C(F)(F)F)ccc54)nc3N(C)C2=O)c1Cl. The highest BCUT2D eigenvalue weighted by Gasteiger charge is 2.36. The molecule has 3 aromatic rings. The number of ether oxygens (including phenoxy) is 3. The van der Waals surface area contributed by atoms with Gasteiger partial charge in [0.1, 0.15) is 33.5 Å². The Bertz CT molecular complexity index is 1410. The van der Waals surface area contributed by atoms with E-state index in [2.05, 4.69) is 9.97 Å². The number of hydrogen-bond acceptors (Lipinski definition) is 6. The number of alkyl halides is 3. The molecule has 1 aliphatic carbocycles. The van der Waals surface area contributed by atoms with Crippen molar-refractivity contribution < 1.29 is 32.2 Å². The van der Waals surface area contributed by atoms with Gasteiger partial charge in [0.15, 0.2) is 0 Å². The molecule has 5 rings (SSSR count). The van der Waals surface area contributed by atoms with E-state index in [1.54, 1.807) is 0 Å². The number of benzene rings is 2. The molecule has 0 fully saturated rings. The summed E-state index contributed by atoms with van der Waals surface area (Å²) in [5.74, 6) is 0.885. The summed E-state index contributed by atoms with van der Waals surface area (Å²) in [5, 5.41) is 0.274. The van der Waals surface area contributed by atoms with Gasteiger partial charge in [-0.05, 0) is 36.1 Å². The molecule has 13 heteroatoms. The number of halogens is 5. The molecule has 2 amide bonds. The van der Waals surface area contributed by atoms with Crippen molar-refractivity contribution in [3.8, 4) is 17.5 Å². The second kappa shape index (κ2) is 9.70. The Morgan fingerprint density at radius 3 is 2.37 bits per heavy atom. The number of urea groups is 1. The van der Waals surface area contributed by atoms with Gasteiger partial charge in [-0.15, -0.1) is 0 Å². The first-order chi connectivity index (χ1) is 18.0. The molecule has 1 aromatic heterocycles. The highest BCUT2D eigenvalue weighted by atomic mass is 35.5. The second-order valence-corrected chi connectivity index (χ2v) is 9.50. The quantitative estimate of drug-likeness (QED) is 0.351. The third kappa shape index (κ3) is 4.43. The zero-order valence-corrected chi connectivity index (χ0v) is 21.9. The van der Waals surface area contributed by atoms with Crippen LogP contribution in [0.3, 0.4) is 0 Å². The summed E-state index contributed by atoms with van der Waals surface area (Å²) < 4.78 is 55.8. The van der Waals surface area contributed by atoms with Gasteiger partial charge in [0, 0.05) is 24.9 Å². The van der Waals surface area contributed by atoms with Crippen LogP contribution in [-0.4, -0.2) is 37.3 Å². The van der Waals surface area contributed by atoms with E-state index < -0.39 is 23.9 Å². The molecule has 0 spiro atoms. The highest BCUT2D eigenvalue weighted by Crippen LogP contribution is 2.48. The van der Waals surface area contributed by atoms with E-state index in [0.717, 1.165) is 12.1 Å². The van der Waals surface area contributed by atoms with Crippen LogP contribution in [0.5, 0.6) is 17.5 Å². The minimum absolute atomic E-state index is 0.00807. The van der Waals surface area contributed by atoms with Crippen molar-refractivity contribution in [2.45, 2.75) is 31.7 Å². The van der Waals surface area contributed by atoms with Gasteiger partial charge in [0.05, 0.1) is 32.0 Å². The Balaban J connectivity index is 1.43. The molecule has 8 nitrogen and oxygen atoms in total. The number of anilines is 2. The Labute approximate surface area is 225 Å². The molecule has 0 radical (unpaired) electrons. The summed E-state index contributed by atoms with van der Waals surface area (Å²) in [7, 11) is 4.41. The number of carbonyl (C=O) groups is 1. The van der Waals surface area contributed by atoms with E-state index in [4.69, 9.17) is 37.4 Å². The van der Waals surface area contributed by atoms with Crippen LogP contribution in [0.25, 0.3) is 0 Å². The van der Waals surface area contributed by atoms with E-state index in [1.807, 2.05) is 0 Å². The average Bonchev–Trinajstić information content (AvgIpc) is 3.29. The number of aryl methyl sites for hydroxylation is 1. The van der Waals surface area contributed by atoms with Crippen molar-refractivity contribution in [1.82, 2.24) is 9.97 Å². The molecule has 1 aliphatic heterocycles. The molecule has 38 heavy (non-hydrogen) atoms. The summed E-state index contributed by atoms with van der Waals surface area (Å²) in [6.07, 6.45) is -2.48. The molecular formula is C25H21Cl2F3N4O4. The van der Waals surface area contributed by atoms with Crippen molar-refractivity contribution in [2.24, 2.45) is 0 Å². The fourth-order valence-corrected chi connectivity index (χ4v) is 5.34. The lowest BCUT2D eigenvalue weighted by Gasteiger charge is -2.35. The summed E-state index contributed by atoms with van der Waals surface area (Å²) in [5.41, 5.74) is 1.35. The van der Waals surface area contributed by atoms with Crippen molar-refractivity contribution >= 4 is 40.7 Å². The predicted molar refractivity (Wildman–Crippen MR) is 135 cm³/mol. The van der Waals surface area contributed by atoms with E-state index in [-0.39, 0.29) is 39.8 Å². The van der Waals surface area contributed by atoms with Gasteiger partial charge in [-0.1, -0.05) is 29.3 Å². The van der Waals surface area contributed by atoms with Crippen LogP contribution in [0.1, 0.15) is 34.8 Å². The number of nitrogens with zero attached hydrogens (tertiary/aromatic N) is 4. The number of hydrogen-bond donors (Lipinski definition) is 0. The maximum atomic E-state index is 13.4. The highest BCUT2D eigenvalue weighted by molar-refractivity contribution is 6.42. The number of fused-ring (bicyclic) bond motifs is 2. The molecule has 0 saturated carbocycles. The summed E-state index contributed by atoms with van der Waals surface area (Å²) in [4.78, 5) is 24.8. The molecule has 2 aliphatic rings. The molecule has 0 saturated heterocycles. The molecule has 0 bridgehead atoms. The standard InChI is InChI=1S/C25H21Cl2F3N4O4/c1-33-22-13(11-34(24(33)35)21-19(26)17(36-2)9-18(37-3)20(21)27)10-31-23(32-22)38-16-7-4-12-8-14(25(28,29)30)5-6-15(12)16/h5-6,8-10,16H,4,7,11H2,1-3H3. The van der Waals surface area contributed by atoms with Gasteiger partial charge < -0.3 is 14.2 Å². The topological polar surface area (TPSA) is 77.0 Å². The lowest BCUT2D eigenvalue weighted by atomic mass is 10.1. The van der Waals surface area contributed by atoms with E-state index in [1.165, 1.54) is 49.4 Å². The Morgan fingerprint density at radius 2 is 1.74 bits per heavy atom. The van der Waals surface area contributed by atoms with Crippen molar-refractivity contribution in [3.05, 3.63) is 62.8 Å². The van der Waals surface area contributed by atoms with E-state index in [9.17, 15) is 18.0 Å². The molecule has 0 N–H and O–H groups in total. The number of rotatable bonds is 5. The Kier molecular flexibility index (Phi) is 6.68. The molecule has 2 heterocycles. The van der Waals surface area contributed by atoms with Crippen molar-refractivity contribution in [2.75, 3.05) is 31.1 Å². The lowest BCUT2D eigenvalue weighted by Crippen LogP contribution is -2.46. The molecule has 1 unspecified atom stereocenters. The van der Waals surface area contributed by atoms with Crippen LogP contribution in [0.2, 0.25) is 10.0 Å². The van der Waals surface area contributed by atoms with Crippen LogP contribution >= 0.6 is 23.2 Å². The normalized spacial score (nSPS) is 16.8. The van der Waals surface area contributed by atoms with Gasteiger partial charge in [0.25, 0.3) is 0 Å². The number of amides is 2. The summed E-state index contributed by atoms with van der Waals surface area (Å²) in [6.45, 7) is 0.0566. The van der Waals surface area contributed by atoms with Crippen LogP contribution in [0.15, 0.2) is 30.5 Å². The second-order valence-electron chi connectivity index (χ2n) is 8.74. The number of aromatic nitrogens is 2. The van der Waals surface area contributed by atoms with Crippen LogP contribution in [-0.2, 0) is 19.1 Å². The minimum atomic E-state index is -4.41.